The van der Waals surface area contributed by atoms with Gasteiger partial charge in [0.15, 0.2) is 0 Å². The van der Waals surface area contributed by atoms with E-state index in [1.165, 1.54) is 32.1 Å². The highest BCUT2D eigenvalue weighted by Gasteiger charge is 2.51. The Morgan fingerprint density at radius 1 is 0.950 bits per heavy atom. The summed E-state index contributed by atoms with van der Waals surface area (Å²) in [6, 6.07) is 0. The van der Waals surface area contributed by atoms with Gasteiger partial charge in [0.25, 0.3) is 0 Å². The van der Waals surface area contributed by atoms with Gasteiger partial charge in [0.05, 0.1) is 6.42 Å². The highest BCUT2D eigenvalue weighted by molar-refractivity contribution is 5.83. The fourth-order valence-corrected chi connectivity index (χ4v) is 3.67. The van der Waals surface area contributed by atoms with Crippen LogP contribution < -0.4 is 0 Å². The second kappa shape index (κ2) is 7.09. The maximum atomic E-state index is 11.6. The highest BCUT2D eigenvalue weighted by atomic mass is 16.6. The summed E-state index contributed by atoms with van der Waals surface area (Å²) < 4.78 is 5.55. The second-order valence-electron chi connectivity index (χ2n) is 6.32. The van der Waals surface area contributed by atoms with Gasteiger partial charge in [0.1, 0.15) is 11.5 Å². The first kappa shape index (κ1) is 15.3. The van der Waals surface area contributed by atoms with Crippen LogP contribution in [0.15, 0.2) is 0 Å². The van der Waals surface area contributed by atoms with Gasteiger partial charge in [-0.25, -0.2) is 0 Å². The first-order chi connectivity index (χ1) is 9.64. The van der Waals surface area contributed by atoms with Gasteiger partial charge in [-0.15, -0.1) is 0 Å². The van der Waals surface area contributed by atoms with Crippen molar-refractivity contribution in [2.45, 2.75) is 82.7 Å². The molecule has 0 aromatic carbocycles. The molecule has 1 unspecified atom stereocenters. The Morgan fingerprint density at radius 3 is 1.85 bits per heavy atom. The molecule has 0 aromatic rings. The monoisotopic (exact) mass is 282 g/mol. The zero-order valence-electron chi connectivity index (χ0n) is 12.2. The molecule has 2 aliphatic rings. The Hall–Kier alpha value is -1.06. The minimum Gasteiger partial charge on any atom is -0.481 e. The van der Waals surface area contributed by atoms with E-state index < -0.39 is 17.5 Å². The lowest BCUT2D eigenvalue weighted by atomic mass is 9.79. The van der Waals surface area contributed by atoms with Gasteiger partial charge in [-0.05, 0) is 25.7 Å². The third-order valence-electron chi connectivity index (χ3n) is 4.82. The van der Waals surface area contributed by atoms with E-state index in [1.54, 1.807) is 0 Å². The molecule has 4 nitrogen and oxygen atoms in total. The van der Waals surface area contributed by atoms with E-state index >= 15 is 0 Å². The molecule has 0 amide bonds. The van der Waals surface area contributed by atoms with Gasteiger partial charge < -0.3 is 9.84 Å². The largest absolute Gasteiger partial charge is 0.481 e. The molecule has 1 aliphatic carbocycles. The maximum absolute atomic E-state index is 11.6. The van der Waals surface area contributed by atoms with Crippen molar-refractivity contribution >= 4 is 11.9 Å². The van der Waals surface area contributed by atoms with Gasteiger partial charge in [0.2, 0.25) is 0 Å². The second-order valence-corrected chi connectivity index (χ2v) is 6.32. The van der Waals surface area contributed by atoms with E-state index in [-0.39, 0.29) is 12.4 Å². The molecule has 1 N–H and O–H groups in total. The van der Waals surface area contributed by atoms with Crippen molar-refractivity contribution in [3.05, 3.63) is 0 Å². The smallest absolute Gasteiger partial charge is 0.311 e. The van der Waals surface area contributed by atoms with E-state index in [0.717, 1.165) is 38.5 Å². The van der Waals surface area contributed by atoms with E-state index in [2.05, 4.69) is 0 Å². The van der Waals surface area contributed by atoms with Crippen molar-refractivity contribution in [2.75, 3.05) is 0 Å². The van der Waals surface area contributed by atoms with Gasteiger partial charge >= 0.3 is 11.9 Å². The van der Waals surface area contributed by atoms with Crippen LogP contribution in [0.25, 0.3) is 0 Å². The molecule has 1 heterocycles. The van der Waals surface area contributed by atoms with Crippen LogP contribution in [0.5, 0.6) is 0 Å². The van der Waals surface area contributed by atoms with Crippen LogP contribution in [0.3, 0.4) is 0 Å². The summed E-state index contributed by atoms with van der Waals surface area (Å²) in [4.78, 5) is 23.1. The van der Waals surface area contributed by atoms with Crippen LogP contribution in [0.2, 0.25) is 0 Å². The molecular formula is C16H26O4. The van der Waals surface area contributed by atoms with Gasteiger partial charge in [0, 0.05) is 0 Å². The molecule has 1 atom stereocenters. The van der Waals surface area contributed by atoms with Crippen LogP contribution in [0.4, 0.5) is 0 Å². The van der Waals surface area contributed by atoms with Gasteiger partial charge in [-0.3, -0.25) is 9.59 Å². The van der Waals surface area contributed by atoms with Crippen molar-refractivity contribution in [1.29, 1.82) is 0 Å². The summed E-state index contributed by atoms with van der Waals surface area (Å²) in [6.45, 7) is 0. The molecule has 0 aromatic heterocycles. The van der Waals surface area contributed by atoms with Crippen LogP contribution in [-0.2, 0) is 14.3 Å². The predicted octanol–water partition coefficient (Wildman–Crippen LogP) is 3.68. The van der Waals surface area contributed by atoms with Crippen molar-refractivity contribution in [2.24, 2.45) is 5.92 Å². The molecule has 114 valence electrons. The summed E-state index contributed by atoms with van der Waals surface area (Å²) in [5.74, 6) is -1.84. The standard InChI is InChI=1S/C16H26O4/c17-14-12-13(15(18)19)16(20-14)10-8-6-4-2-1-3-5-7-9-11-16/h13H,1-12H2,(H,18,19). The summed E-state index contributed by atoms with van der Waals surface area (Å²) in [7, 11) is 0. The van der Waals surface area contributed by atoms with Crippen molar-refractivity contribution in [3.63, 3.8) is 0 Å². The number of carbonyl (C=O) groups is 2. The van der Waals surface area contributed by atoms with Gasteiger partial charge in [-0.2, -0.15) is 0 Å². The zero-order chi connectivity index (χ0) is 14.4. The fourth-order valence-electron chi connectivity index (χ4n) is 3.67. The molecular weight excluding hydrogens is 256 g/mol. The number of hydrogen-bond donors (Lipinski definition) is 1. The van der Waals surface area contributed by atoms with Crippen LogP contribution in [0.1, 0.15) is 77.0 Å². The molecule has 0 bridgehead atoms. The Bertz CT molecular complexity index is 338. The molecule has 20 heavy (non-hydrogen) atoms. The quantitative estimate of drug-likeness (QED) is 0.745. The number of aliphatic carboxylic acids is 1. The molecule has 1 aliphatic heterocycles. The van der Waals surface area contributed by atoms with E-state index in [4.69, 9.17) is 4.74 Å². The van der Waals surface area contributed by atoms with Crippen molar-refractivity contribution < 1.29 is 19.4 Å². The molecule has 1 saturated heterocycles. The number of rotatable bonds is 1. The summed E-state index contributed by atoms with van der Waals surface area (Å²) in [5.41, 5.74) is -0.720. The Morgan fingerprint density at radius 2 is 1.40 bits per heavy atom. The van der Waals surface area contributed by atoms with E-state index in [0.29, 0.717) is 0 Å². The Kier molecular flexibility index (Phi) is 5.44. The number of esters is 1. The van der Waals surface area contributed by atoms with Crippen LogP contribution in [-0.4, -0.2) is 22.6 Å². The number of carboxylic acid groups (broad SMARTS) is 1. The predicted molar refractivity (Wildman–Crippen MR) is 75.4 cm³/mol. The molecule has 2 fully saturated rings. The number of ether oxygens (including phenoxy) is 1. The normalized spacial score (nSPS) is 28.4. The molecule has 4 heteroatoms. The first-order valence-corrected chi connectivity index (χ1v) is 8.09. The first-order valence-electron chi connectivity index (χ1n) is 8.09. The summed E-state index contributed by atoms with van der Waals surface area (Å²) in [6.07, 6.45) is 11.9. The number of carbonyl (C=O) groups excluding carboxylic acids is 1. The number of hydrogen-bond acceptors (Lipinski definition) is 3. The average molecular weight is 282 g/mol. The lowest BCUT2D eigenvalue weighted by Gasteiger charge is -2.32. The lowest BCUT2D eigenvalue weighted by Crippen LogP contribution is -2.39. The molecule has 2 rings (SSSR count). The highest BCUT2D eigenvalue weighted by Crippen LogP contribution is 2.42. The fraction of sp³-hybridized carbons (Fsp3) is 0.875. The van der Waals surface area contributed by atoms with Crippen molar-refractivity contribution in [3.8, 4) is 0 Å². The van der Waals surface area contributed by atoms with Crippen LogP contribution in [0, 0.1) is 5.92 Å². The number of carboxylic acids is 1. The Balaban J connectivity index is 2.06. The lowest BCUT2D eigenvalue weighted by molar-refractivity contribution is -0.156. The van der Waals surface area contributed by atoms with Crippen LogP contribution >= 0.6 is 0 Å². The average Bonchev–Trinajstić information content (AvgIpc) is 2.72. The minimum atomic E-state index is -0.872. The van der Waals surface area contributed by atoms with E-state index in [9.17, 15) is 14.7 Å². The zero-order valence-corrected chi connectivity index (χ0v) is 12.2. The summed E-state index contributed by atoms with van der Waals surface area (Å²) in [5, 5.41) is 9.40. The maximum Gasteiger partial charge on any atom is 0.311 e. The van der Waals surface area contributed by atoms with Crippen molar-refractivity contribution in [1.82, 2.24) is 0 Å². The van der Waals surface area contributed by atoms with Gasteiger partial charge in [-0.1, -0.05) is 44.9 Å². The molecule has 1 spiro atoms. The SMILES string of the molecule is O=C1CC(C(=O)O)C2(CCCCCCCCCCC2)O1. The third kappa shape index (κ3) is 3.74. The van der Waals surface area contributed by atoms with E-state index in [1.807, 2.05) is 0 Å². The molecule has 1 saturated carbocycles. The topological polar surface area (TPSA) is 63.6 Å². The summed E-state index contributed by atoms with van der Waals surface area (Å²) >= 11 is 0. The third-order valence-corrected chi connectivity index (χ3v) is 4.82. The Labute approximate surface area is 120 Å². The minimum absolute atomic E-state index is 0.0509. The molecule has 0 radical (unpaired) electrons.